The topological polar surface area (TPSA) is 55.1 Å². The van der Waals surface area contributed by atoms with Crippen LogP contribution in [0, 0.1) is 3.70 Å². The number of rotatable bonds is 3. The third kappa shape index (κ3) is 2.49. The van der Waals surface area contributed by atoms with Crippen LogP contribution >= 0.6 is 22.6 Å². The molecule has 1 aromatic heterocycles. The molecule has 0 spiro atoms. The molecule has 0 unspecified atom stereocenters. The molecule has 0 saturated carbocycles. The first-order chi connectivity index (χ1) is 5.20. The summed E-state index contributed by atoms with van der Waals surface area (Å²) in [7, 11) is 0. The molecule has 5 heteroatoms. The summed E-state index contributed by atoms with van der Waals surface area (Å²) in [6, 6.07) is 1.84. The lowest BCUT2D eigenvalue weighted by Crippen LogP contribution is -2.06. The van der Waals surface area contributed by atoms with Gasteiger partial charge in [-0.25, -0.2) is 0 Å². The standard InChI is InChI=1S/C6H7IN2O2/c7-5-1-3-8-9(5)4-2-6(10)11/h1,3H,2,4H2,(H,10,11). The smallest absolute Gasteiger partial charge is 0.305 e. The van der Waals surface area contributed by atoms with E-state index in [-0.39, 0.29) is 6.42 Å². The Kier molecular flexibility index (Phi) is 2.86. The second-order valence-electron chi connectivity index (χ2n) is 2.02. The zero-order valence-electron chi connectivity index (χ0n) is 5.70. The molecule has 1 heterocycles. The number of aryl methyl sites for hydroxylation is 1. The molecule has 1 N–H and O–H groups in total. The van der Waals surface area contributed by atoms with Gasteiger partial charge in [0.2, 0.25) is 0 Å². The minimum atomic E-state index is -0.795. The van der Waals surface area contributed by atoms with Crippen molar-refractivity contribution in [3.05, 3.63) is 16.0 Å². The number of carboxylic acid groups (broad SMARTS) is 1. The van der Waals surface area contributed by atoms with Crippen molar-refractivity contribution in [3.63, 3.8) is 0 Å². The number of carboxylic acids is 1. The number of halogens is 1. The number of carbonyl (C=O) groups is 1. The SMILES string of the molecule is O=C(O)CCn1nccc1I. The highest BCUT2D eigenvalue weighted by atomic mass is 127. The maximum absolute atomic E-state index is 10.2. The summed E-state index contributed by atoms with van der Waals surface area (Å²) < 4.78 is 2.62. The van der Waals surface area contributed by atoms with Crippen LogP contribution in [0.4, 0.5) is 0 Å². The van der Waals surface area contributed by atoms with Crippen LogP contribution < -0.4 is 0 Å². The molecule has 1 rings (SSSR count). The highest BCUT2D eigenvalue weighted by molar-refractivity contribution is 14.1. The number of nitrogens with zero attached hydrogens (tertiary/aromatic N) is 2. The monoisotopic (exact) mass is 266 g/mol. The van der Waals surface area contributed by atoms with E-state index < -0.39 is 5.97 Å². The van der Waals surface area contributed by atoms with Crippen molar-refractivity contribution in [2.45, 2.75) is 13.0 Å². The van der Waals surface area contributed by atoms with Crippen molar-refractivity contribution in [3.8, 4) is 0 Å². The Morgan fingerprint density at radius 3 is 3.00 bits per heavy atom. The predicted octanol–water partition coefficient (Wildman–Crippen LogP) is 0.962. The third-order valence-electron chi connectivity index (χ3n) is 1.20. The molecule has 0 radical (unpaired) electrons. The molecule has 0 aliphatic rings. The van der Waals surface area contributed by atoms with Gasteiger partial charge >= 0.3 is 5.97 Å². The lowest BCUT2D eigenvalue weighted by molar-refractivity contribution is -0.137. The van der Waals surface area contributed by atoms with E-state index in [1.807, 2.05) is 6.07 Å². The van der Waals surface area contributed by atoms with Gasteiger partial charge < -0.3 is 5.11 Å². The van der Waals surface area contributed by atoms with Gasteiger partial charge in [0, 0.05) is 0 Å². The Labute approximate surface area is 77.4 Å². The van der Waals surface area contributed by atoms with Crippen LogP contribution in [0.25, 0.3) is 0 Å². The highest BCUT2D eigenvalue weighted by Gasteiger charge is 2.00. The first-order valence-corrected chi connectivity index (χ1v) is 4.17. The molecule has 0 aliphatic carbocycles. The molecular weight excluding hydrogens is 259 g/mol. The molecule has 0 amide bonds. The number of aliphatic carboxylic acids is 1. The molecule has 0 saturated heterocycles. The molecule has 0 bridgehead atoms. The fraction of sp³-hybridized carbons (Fsp3) is 0.333. The first kappa shape index (κ1) is 8.51. The molecule has 0 atom stereocenters. The van der Waals surface area contributed by atoms with Gasteiger partial charge in [0.15, 0.2) is 0 Å². The minimum absolute atomic E-state index is 0.123. The average molecular weight is 266 g/mol. The Bertz CT molecular complexity index is 259. The average Bonchev–Trinajstić information content (AvgIpc) is 2.31. The van der Waals surface area contributed by atoms with Gasteiger partial charge in [0.05, 0.1) is 22.9 Å². The summed E-state index contributed by atoms with van der Waals surface area (Å²) in [5, 5.41) is 12.3. The minimum Gasteiger partial charge on any atom is -0.481 e. The summed E-state index contributed by atoms with van der Waals surface area (Å²) in [5.41, 5.74) is 0. The van der Waals surface area contributed by atoms with Crippen molar-refractivity contribution < 1.29 is 9.90 Å². The zero-order chi connectivity index (χ0) is 8.27. The molecule has 60 valence electrons. The van der Waals surface area contributed by atoms with Crippen molar-refractivity contribution in [2.75, 3.05) is 0 Å². The quantitative estimate of drug-likeness (QED) is 0.829. The fourth-order valence-corrected chi connectivity index (χ4v) is 1.21. The summed E-state index contributed by atoms with van der Waals surface area (Å²) >= 11 is 2.11. The summed E-state index contributed by atoms with van der Waals surface area (Å²) in [6.07, 6.45) is 1.78. The molecule has 1 aromatic rings. The molecule has 0 fully saturated rings. The third-order valence-corrected chi connectivity index (χ3v) is 2.12. The van der Waals surface area contributed by atoms with E-state index in [9.17, 15) is 4.79 Å². The van der Waals surface area contributed by atoms with Crippen LogP contribution in [0.3, 0.4) is 0 Å². The van der Waals surface area contributed by atoms with E-state index in [1.54, 1.807) is 10.9 Å². The van der Waals surface area contributed by atoms with Crippen LogP contribution in [0.5, 0.6) is 0 Å². The second-order valence-corrected chi connectivity index (χ2v) is 3.13. The second kappa shape index (κ2) is 3.70. The van der Waals surface area contributed by atoms with Gasteiger partial charge in [-0.2, -0.15) is 5.10 Å². The Balaban J connectivity index is 2.51. The van der Waals surface area contributed by atoms with Crippen molar-refractivity contribution in [2.24, 2.45) is 0 Å². The van der Waals surface area contributed by atoms with E-state index in [0.717, 1.165) is 3.70 Å². The number of hydrogen-bond acceptors (Lipinski definition) is 2. The first-order valence-electron chi connectivity index (χ1n) is 3.09. The van der Waals surface area contributed by atoms with E-state index in [4.69, 9.17) is 5.11 Å². The maximum Gasteiger partial charge on any atom is 0.305 e. The van der Waals surface area contributed by atoms with E-state index in [0.29, 0.717) is 6.54 Å². The van der Waals surface area contributed by atoms with Crippen LogP contribution in [0.15, 0.2) is 12.3 Å². The molecule has 11 heavy (non-hydrogen) atoms. The van der Waals surface area contributed by atoms with Gasteiger partial charge in [0.25, 0.3) is 0 Å². The Morgan fingerprint density at radius 1 is 1.82 bits per heavy atom. The normalized spacial score (nSPS) is 9.91. The van der Waals surface area contributed by atoms with Crippen molar-refractivity contribution >= 4 is 28.6 Å². The fourth-order valence-electron chi connectivity index (χ4n) is 0.683. The lowest BCUT2D eigenvalue weighted by Gasteiger charge is -1.98. The van der Waals surface area contributed by atoms with Gasteiger partial charge in [0.1, 0.15) is 0 Å². The van der Waals surface area contributed by atoms with Crippen LogP contribution in [-0.4, -0.2) is 20.9 Å². The molecule has 4 nitrogen and oxygen atoms in total. The molecular formula is C6H7IN2O2. The van der Waals surface area contributed by atoms with Crippen LogP contribution in [0.2, 0.25) is 0 Å². The van der Waals surface area contributed by atoms with Gasteiger partial charge in [-0.15, -0.1) is 0 Å². The number of hydrogen-bond donors (Lipinski definition) is 1. The van der Waals surface area contributed by atoms with Gasteiger partial charge in [-0.1, -0.05) is 0 Å². The largest absolute Gasteiger partial charge is 0.481 e. The Hall–Kier alpha value is -0.590. The van der Waals surface area contributed by atoms with E-state index in [1.165, 1.54) is 0 Å². The summed E-state index contributed by atoms with van der Waals surface area (Å²) in [4.78, 5) is 10.2. The van der Waals surface area contributed by atoms with Gasteiger partial charge in [-0.05, 0) is 28.7 Å². The van der Waals surface area contributed by atoms with E-state index in [2.05, 4.69) is 27.7 Å². The van der Waals surface area contributed by atoms with E-state index >= 15 is 0 Å². The van der Waals surface area contributed by atoms with Gasteiger partial charge in [-0.3, -0.25) is 9.48 Å². The lowest BCUT2D eigenvalue weighted by atomic mass is 10.4. The highest BCUT2D eigenvalue weighted by Crippen LogP contribution is 2.02. The molecule has 0 aliphatic heterocycles. The van der Waals surface area contributed by atoms with Crippen LogP contribution in [-0.2, 0) is 11.3 Å². The maximum atomic E-state index is 10.2. The van der Waals surface area contributed by atoms with Crippen LogP contribution in [0.1, 0.15) is 6.42 Å². The summed E-state index contributed by atoms with van der Waals surface area (Å²) in [6.45, 7) is 0.445. The van der Waals surface area contributed by atoms with Crippen molar-refractivity contribution in [1.29, 1.82) is 0 Å². The predicted molar refractivity (Wildman–Crippen MR) is 47.2 cm³/mol. The zero-order valence-corrected chi connectivity index (χ0v) is 7.85. The Morgan fingerprint density at radius 2 is 2.55 bits per heavy atom. The number of aromatic nitrogens is 2. The molecule has 0 aromatic carbocycles. The summed E-state index contributed by atoms with van der Waals surface area (Å²) in [5.74, 6) is -0.795. The van der Waals surface area contributed by atoms with Crippen molar-refractivity contribution in [1.82, 2.24) is 9.78 Å².